The molecule has 0 radical (unpaired) electrons. The van der Waals surface area contributed by atoms with E-state index in [1.807, 2.05) is 51.1 Å². The lowest BCUT2D eigenvalue weighted by atomic mass is 9.82. The van der Waals surface area contributed by atoms with Crippen molar-refractivity contribution < 1.29 is 9.53 Å². The molecule has 1 aliphatic heterocycles. The van der Waals surface area contributed by atoms with Crippen molar-refractivity contribution in [2.75, 3.05) is 6.54 Å². The van der Waals surface area contributed by atoms with Crippen LogP contribution in [0.15, 0.2) is 30.3 Å². The van der Waals surface area contributed by atoms with E-state index in [0.717, 1.165) is 31.4 Å². The van der Waals surface area contributed by atoms with Crippen molar-refractivity contribution in [1.29, 1.82) is 0 Å². The molecule has 1 heterocycles. The standard InChI is InChI=1S/C16H23NO2/c1-15(2,3)19-14(18)16(11-7-8-12-17-16)13-9-5-4-6-10-13/h4-6,9-10,17H,7-8,11-12H2,1-3H3. The average Bonchev–Trinajstić information content (AvgIpc) is 2.38. The van der Waals surface area contributed by atoms with Gasteiger partial charge < -0.3 is 4.74 Å². The van der Waals surface area contributed by atoms with Gasteiger partial charge in [0.15, 0.2) is 0 Å². The molecule has 1 aromatic carbocycles. The number of benzene rings is 1. The zero-order valence-electron chi connectivity index (χ0n) is 12.0. The Labute approximate surface area is 115 Å². The number of carbonyl (C=O) groups excluding carboxylic acids is 1. The summed E-state index contributed by atoms with van der Waals surface area (Å²) < 4.78 is 5.63. The summed E-state index contributed by atoms with van der Waals surface area (Å²) in [4.78, 5) is 12.7. The monoisotopic (exact) mass is 261 g/mol. The Bertz CT molecular complexity index is 428. The maximum atomic E-state index is 12.7. The number of nitrogens with one attached hydrogen (secondary N) is 1. The molecular formula is C16H23NO2. The SMILES string of the molecule is CC(C)(C)OC(=O)C1(c2ccccc2)CCCCN1. The van der Waals surface area contributed by atoms with Gasteiger partial charge in [0, 0.05) is 0 Å². The Kier molecular flexibility index (Phi) is 3.95. The molecule has 1 saturated heterocycles. The summed E-state index contributed by atoms with van der Waals surface area (Å²) in [6.07, 6.45) is 2.95. The molecule has 1 fully saturated rings. The minimum absolute atomic E-state index is 0.161. The first-order valence-corrected chi connectivity index (χ1v) is 6.98. The Morgan fingerprint density at radius 1 is 1.21 bits per heavy atom. The van der Waals surface area contributed by atoms with Crippen LogP contribution in [0.25, 0.3) is 0 Å². The molecule has 3 heteroatoms. The van der Waals surface area contributed by atoms with Crippen LogP contribution >= 0.6 is 0 Å². The van der Waals surface area contributed by atoms with E-state index in [0.29, 0.717) is 0 Å². The average molecular weight is 261 g/mol. The van der Waals surface area contributed by atoms with E-state index in [1.165, 1.54) is 0 Å². The summed E-state index contributed by atoms with van der Waals surface area (Å²) in [6, 6.07) is 9.91. The van der Waals surface area contributed by atoms with Gasteiger partial charge in [-0.1, -0.05) is 30.3 Å². The van der Waals surface area contributed by atoms with Gasteiger partial charge in [-0.3, -0.25) is 5.32 Å². The molecule has 0 aromatic heterocycles. The zero-order chi connectivity index (χ0) is 13.9. The fourth-order valence-electron chi connectivity index (χ4n) is 2.53. The second-order valence-corrected chi connectivity index (χ2v) is 6.16. The molecule has 0 aliphatic carbocycles. The number of hydrogen-bond acceptors (Lipinski definition) is 3. The smallest absolute Gasteiger partial charge is 0.331 e. The van der Waals surface area contributed by atoms with Crippen LogP contribution in [0, 0.1) is 0 Å². The van der Waals surface area contributed by atoms with Gasteiger partial charge in [-0.15, -0.1) is 0 Å². The van der Waals surface area contributed by atoms with Crippen molar-refractivity contribution in [1.82, 2.24) is 5.32 Å². The van der Waals surface area contributed by atoms with Crippen molar-refractivity contribution in [2.24, 2.45) is 0 Å². The van der Waals surface area contributed by atoms with Gasteiger partial charge in [0.25, 0.3) is 0 Å². The molecule has 1 N–H and O–H groups in total. The third-order valence-electron chi connectivity index (χ3n) is 3.42. The fourth-order valence-corrected chi connectivity index (χ4v) is 2.53. The Balaban J connectivity index is 2.32. The largest absolute Gasteiger partial charge is 0.458 e. The first kappa shape index (κ1) is 14.1. The fraction of sp³-hybridized carbons (Fsp3) is 0.562. The second-order valence-electron chi connectivity index (χ2n) is 6.16. The second kappa shape index (κ2) is 5.33. The highest BCUT2D eigenvalue weighted by Crippen LogP contribution is 2.33. The number of ether oxygens (including phenoxy) is 1. The van der Waals surface area contributed by atoms with Gasteiger partial charge in [-0.2, -0.15) is 0 Å². The molecule has 3 nitrogen and oxygen atoms in total. The Morgan fingerprint density at radius 2 is 1.89 bits per heavy atom. The summed E-state index contributed by atoms with van der Waals surface area (Å²) in [5, 5.41) is 3.40. The lowest BCUT2D eigenvalue weighted by Gasteiger charge is -2.38. The van der Waals surface area contributed by atoms with Crippen molar-refractivity contribution in [2.45, 2.75) is 51.2 Å². The summed E-state index contributed by atoms with van der Waals surface area (Å²) in [5.74, 6) is -0.161. The first-order valence-electron chi connectivity index (χ1n) is 6.98. The van der Waals surface area contributed by atoms with E-state index in [1.54, 1.807) is 0 Å². The minimum Gasteiger partial charge on any atom is -0.458 e. The number of carbonyl (C=O) groups is 1. The summed E-state index contributed by atoms with van der Waals surface area (Å²) in [6.45, 7) is 6.58. The molecule has 1 unspecified atom stereocenters. The summed E-state index contributed by atoms with van der Waals surface area (Å²) >= 11 is 0. The van der Waals surface area contributed by atoms with E-state index in [9.17, 15) is 4.79 Å². The normalized spacial score (nSPS) is 23.9. The van der Waals surface area contributed by atoms with E-state index >= 15 is 0 Å². The van der Waals surface area contributed by atoms with Crippen molar-refractivity contribution >= 4 is 5.97 Å². The van der Waals surface area contributed by atoms with Crippen molar-refractivity contribution in [3.8, 4) is 0 Å². The van der Waals surface area contributed by atoms with Gasteiger partial charge >= 0.3 is 5.97 Å². The highest BCUT2D eigenvalue weighted by Gasteiger charge is 2.43. The zero-order valence-corrected chi connectivity index (χ0v) is 12.0. The number of rotatable bonds is 2. The van der Waals surface area contributed by atoms with Crippen LogP contribution in [0.1, 0.15) is 45.6 Å². The van der Waals surface area contributed by atoms with E-state index in [-0.39, 0.29) is 5.97 Å². The summed E-state index contributed by atoms with van der Waals surface area (Å²) in [7, 11) is 0. The van der Waals surface area contributed by atoms with Crippen LogP contribution in [0.2, 0.25) is 0 Å². The van der Waals surface area contributed by atoms with Gasteiger partial charge in [-0.05, 0) is 52.1 Å². The molecule has 0 spiro atoms. The highest BCUT2D eigenvalue weighted by molar-refractivity contribution is 5.83. The molecular weight excluding hydrogens is 238 g/mol. The molecule has 1 atom stereocenters. The minimum atomic E-state index is -0.674. The molecule has 1 aromatic rings. The van der Waals surface area contributed by atoms with E-state index < -0.39 is 11.1 Å². The number of esters is 1. The molecule has 2 rings (SSSR count). The Morgan fingerprint density at radius 3 is 2.42 bits per heavy atom. The molecule has 0 saturated carbocycles. The number of piperidine rings is 1. The van der Waals surface area contributed by atoms with Gasteiger partial charge in [0.1, 0.15) is 11.1 Å². The molecule has 104 valence electrons. The third kappa shape index (κ3) is 3.16. The molecule has 0 amide bonds. The lowest BCUT2D eigenvalue weighted by Crippen LogP contribution is -2.54. The van der Waals surface area contributed by atoms with Crippen molar-refractivity contribution in [3.05, 3.63) is 35.9 Å². The molecule has 19 heavy (non-hydrogen) atoms. The van der Waals surface area contributed by atoms with E-state index in [4.69, 9.17) is 4.74 Å². The predicted molar refractivity (Wildman–Crippen MR) is 75.8 cm³/mol. The van der Waals surface area contributed by atoms with Crippen LogP contribution in [-0.4, -0.2) is 18.1 Å². The van der Waals surface area contributed by atoms with Crippen LogP contribution in [0.4, 0.5) is 0 Å². The van der Waals surface area contributed by atoms with Gasteiger partial charge in [-0.25, -0.2) is 4.79 Å². The third-order valence-corrected chi connectivity index (χ3v) is 3.42. The Hall–Kier alpha value is -1.35. The first-order chi connectivity index (χ1) is 8.94. The predicted octanol–water partition coefficient (Wildman–Crippen LogP) is 3.00. The molecule has 0 bridgehead atoms. The quantitative estimate of drug-likeness (QED) is 0.832. The lowest BCUT2D eigenvalue weighted by molar-refractivity contribution is -0.165. The summed E-state index contributed by atoms with van der Waals surface area (Å²) in [5.41, 5.74) is -0.130. The molecule has 1 aliphatic rings. The van der Waals surface area contributed by atoms with E-state index in [2.05, 4.69) is 5.32 Å². The van der Waals surface area contributed by atoms with Crippen LogP contribution < -0.4 is 5.32 Å². The topological polar surface area (TPSA) is 38.3 Å². The number of hydrogen-bond donors (Lipinski definition) is 1. The highest BCUT2D eigenvalue weighted by atomic mass is 16.6. The van der Waals surface area contributed by atoms with Crippen molar-refractivity contribution in [3.63, 3.8) is 0 Å². The maximum Gasteiger partial charge on any atom is 0.331 e. The maximum absolute atomic E-state index is 12.7. The van der Waals surface area contributed by atoms with Crippen LogP contribution in [0.5, 0.6) is 0 Å². The van der Waals surface area contributed by atoms with Gasteiger partial charge in [0.2, 0.25) is 0 Å². The van der Waals surface area contributed by atoms with Gasteiger partial charge in [0.05, 0.1) is 0 Å². The van der Waals surface area contributed by atoms with Crippen LogP contribution in [-0.2, 0) is 15.1 Å². The van der Waals surface area contributed by atoms with Crippen LogP contribution in [0.3, 0.4) is 0 Å².